The van der Waals surface area contributed by atoms with Crippen LogP contribution in [0.3, 0.4) is 0 Å². The van der Waals surface area contributed by atoms with Crippen molar-refractivity contribution >= 4 is 34.8 Å². The van der Waals surface area contributed by atoms with Crippen LogP contribution in [-0.4, -0.2) is 41.8 Å². The first-order valence-corrected chi connectivity index (χ1v) is 11.6. The first-order valence-electron chi connectivity index (χ1n) is 11.6. The minimum atomic E-state index is -0.157. The van der Waals surface area contributed by atoms with Gasteiger partial charge < -0.3 is 16.0 Å². The summed E-state index contributed by atoms with van der Waals surface area (Å²) in [7, 11) is 0. The normalized spacial score (nSPS) is 13.0. The standard InChI is InChI=1S/C26H34N4O3/c1-5-20-8-9-21(27-19(4)31)15-24(20)29-25(32)12-13-30(22-10-11-22)16-26(33)28-23-14-17(2)6-7-18(23)3/h6-9,14-15,22H,5,10-13,16H2,1-4H3,(H,27,31)(H,28,33)(H,29,32). The molecule has 1 saturated carbocycles. The second kappa shape index (κ2) is 11.1. The van der Waals surface area contributed by atoms with Crippen LogP contribution in [0.25, 0.3) is 0 Å². The number of hydrogen-bond acceptors (Lipinski definition) is 4. The average molecular weight is 451 g/mol. The van der Waals surface area contributed by atoms with E-state index in [4.69, 9.17) is 0 Å². The molecule has 0 bridgehead atoms. The molecule has 0 atom stereocenters. The van der Waals surface area contributed by atoms with Gasteiger partial charge in [0.05, 0.1) is 6.54 Å². The maximum Gasteiger partial charge on any atom is 0.238 e. The first kappa shape index (κ1) is 24.5. The topological polar surface area (TPSA) is 90.5 Å². The fourth-order valence-corrected chi connectivity index (χ4v) is 3.82. The van der Waals surface area contributed by atoms with Crippen molar-refractivity contribution in [2.75, 3.05) is 29.0 Å². The van der Waals surface area contributed by atoms with Crippen molar-refractivity contribution < 1.29 is 14.4 Å². The van der Waals surface area contributed by atoms with Crippen LogP contribution < -0.4 is 16.0 Å². The molecule has 176 valence electrons. The third-order valence-corrected chi connectivity index (χ3v) is 5.79. The monoisotopic (exact) mass is 450 g/mol. The average Bonchev–Trinajstić information content (AvgIpc) is 3.59. The zero-order valence-corrected chi connectivity index (χ0v) is 20.0. The molecule has 0 aliphatic heterocycles. The van der Waals surface area contributed by atoms with Gasteiger partial charge in [-0.2, -0.15) is 0 Å². The van der Waals surface area contributed by atoms with E-state index in [0.717, 1.165) is 41.6 Å². The number of anilines is 3. The summed E-state index contributed by atoms with van der Waals surface area (Å²) in [6.07, 6.45) is 3.16. The number of nitrogens with one attached hydrogen (secondary N) is 3. The van der Waals surface area contributed by atoms with Crippen LogP contribution in [0.1, 0.15) is 49.8 Å². The van der Waals surface area contributed by atoms with Gasteiger partial charge in [-0.3, -0.25) is 19.3 Å². The maximum atomic E-state index is 12.7. The summed E-state index contributed by atoms with van der Waals surface area (Å²) in [6, 6.07) is 11.9. The summed E-state index contributed by atoms with van der Waals surface area (Å²) in [6.45, 7) is 8.23. The molecule has 0 aromatic heterocycles. The van der Waals surface area contributed by atoms with Crippen LogP contribution in [-0.2, 0) is 20.8 Å². The second-order valence-electron chi connectivity index (χ2n) is 8.77. The fraction of sp³-hybridized carbons (Fsp3) is 0.423. The first-order chi connectivity index (χ1) is 15.7. The van der Waals surface area contributed by atoms with Gasteiger partial charge >= 0.3 is 0 Å². The Kier molecular flexibility index (Phi) is 8.22. The zero-order chi connectivity index (χ0) is 24.0. The lowest BCUT2D eigenvalue weighted by Gasteiger charge is -2.22. The smallest absolute Gasteiger partial charge is 0.238 e. The molecule has 33 heavy (non-hydrogen) atoms. The Labute approximate surface area is 195 Å². The van der Waals surface area contributed by atoms with Gasteiger partial charge in [0.25, 0.3) is 0 Å². The molecular formula is C26H34N4O3. The summed E-state index contributed by atoms with van der Waals surface area (Å²) < 4.78 is 0. The van der Waals surface area contributed by atoms with Crippen LogP contribution in [0.5, 0.6) is 0 Å². The zero-order valence-electron chi connectivity index (χ0n) is 20.0. The number of amides is 3. The van der Waals surface area contributed by atoms with Crippen molar-refractivity contribution in [1.29, 1.82) is 0 Å². The van der Waals surface area contributed by atoms with Gasteiger partial charge in [-0.05, 0) is 68.0 Å². The lowest BCUT2D eigenvalue weighted by molar-refractivity contribution is -0.119. The molecule has 0 unspecified atom stereocenters. The number of nitrogens with zero attached hydrogens (tertiary/aromatic N) is 1. The van der Waals surface area contributed by atoms with Crippen molar-refractivity contribution in [3.63, 3.8) is 0 Å². The molecule has 0 spiro atoms. The number of hydrogen-bond donors (Lipinski definition) is 3. The van der Waals surface area contributed by atoms with Gasteiger partial charge in [-0.15, -0.1) is 0 Å². The molecule has 0 radical (unpaired) electrons. The fourth-order valence-electron chi connectivity index (χ4n) is 3.82. The Bertz CT molecular complexity index is 1030. The highest BCUT2D eigenvalue weighted by Gasteiger charge is 2.30. The van der Waals surface area contributed by atoms with Crippen molar-refractivity contribution in [3.8, 4) is 0 Å². The molecule has 3 rings (SSSR count). The number of rotatable bonds is 10. The number of carbonyl (C=O) groups is 3. The second-order valence-corrected chi connectivity index (χ2v) is 8.77. The molecule has 3 amide bonds. The van der Waals surface area contributed by atoms with E-state index in [9.17, 15) is 14.4 Å². The van der Waals surface area contributed by atoms with Gasteiger partial charge in [-0.25, -0.2) is 0 Å². The van der Waals surface area contributed by atoms with E-state index in [-0.39, 0.29) is 24.3 Å². The summed E-state index contributed by atoms with van der Waals surface area (Å²) in [4.78, 5) is 38.8. The van der Waals surface area contributed by atoms with Crippen molar-refractivity contribution in [2.24, 2.45) is 0 Å². The predicted octanol–water partition coefficient (Wildman–Crippen LogP) is 4.26. The van der Waals surface area contributed by atoms with Crippen LogP contribution in [0.15, 0.2) is 36.4 Å². The third kappa shape index (κ3) is 7.43. The molecule has 2 aromatic carbocycles. The minimum absolute atomic E-state index is 0.0627. The lowest BCUT2D eigenvalue weighted by Crippen LogP contribution is -2.37. The molecular weight excluding hydrogens is 416 g/mol. The molecule has 1 aliphatic rings. The van der Waals surface area contributed by atoms with E-state index in [1.54, 1.807) is 6.07 Å². The predicted molar refractivity (Wildman–Crippen MR) is 133 cm³/mol. The summed E-state index contributed by atoms with van der Waals surface area (Å²) in [5.41, 5.74) is 5.32. The summed E-state index contributed by atoms with van der Waals surface area (Å²) >= 11 is 0. The van der Waals surface area contributed by atoms with E-state index in [2.05, 4.69) is 20.9 Å². The van der Waals surface area contributed by atoms with Crippen LogP contribution in [0.4, 0.5) is 17.1 Å². The highest BCUT2D eigenvalue weighted by molar-refractivity contribution is 5.95. The SMILES string of the molecule is CCc1ccc(NC(C)=O)cc1NC(=O)CCN(CC(=O)Nc1cc(C)ccc1C)C1CC1. The molecule has 1 aliphatic carbocycles. The Morgan fingerprint density at radius 2 is 1.67 bits per heavy atom. The quantitative estimate of drug-likeness (QED) is 0.505. The number of aryl methyl sites for hydroxylation is 3. The van der Waals surface area contributed by atoms with Crippen LogP contribution in [0.2, 0.25) is 0 Å². The maximum absolute atomic E-state index is 12.7. The van der Waals surface area contributed by atoms with Crippen molar-refractivity contribution in [1.82, 2.24) is 4.90 Å². The highest BCUT2D eigenvalue weighted by Crippen LogP contribution is 2.27. The van der Waals surface area contributed by atoms with E-state index in [0.29, 0.717) is 30.4 Å². The van der Waals surface area contributed by atoms with Crippen LogP contribution in [0, 0.1) is 13.8 Å². The molecule has 2 aromatic rings. The molecule has 0 saturated heterocycles. The van der Waals surface area contributed by atoms with Gasteiger partial charge in [-0.1, -0.05) is 25.1 Å². The Hall–Kier alpha value is -3.19. The van der Waals surface area contributed by atoms with Crippen molar-refractivity contribution in [2.45, 2.75) is 59.4 Å². The highest BCUT2D eigenvalue weighted by atomic mass is 16.2. The molecule has 3 N–H and O–H groups in total. The largest absolute Gasteiger partial charge is 0.326 e. The molecule has 7 heteroatoms. The lowest BCUT2D eigenvalue weighted by atomic mass is 10.1. The molecule has 1 fully saturated rings. The van der Waals surface area contributed by atoms with E-state index in [1.807, 2.05) is 51.1 Å². The molecule has 0 heterocycles. The summed E-state index contributed by atoms with van der Waals surface area (Å²) in [5.74, 6) is -0.326. The van der Waals surface area contributed by atoms with Gasteiger partial charge in [0.15, 0.2) is 0 Å². The van der Waals surface area contributed by atoms with Crippen molar-refractivity contribution in [3.05, 3.63) is 53.1 Å². The Balaban J connectivity index is 1.57. The summed E-state index contributed by atoms with van der Waals surface area (Å²) in [5, 5.41) is 8.74. The van der Waals surface area contributed by atoms with E-state index < -0.39 is 0 Å². The van der Waals surface area contributed by atoms with E-state index >= 15 is 0 Å². The van der Waals surface area contributed by atoms with Gasteiger partial charge in [0, 0.05) is 43.0 Å². The minimum Gasteiger partial charge on any atom is -0.326 e. The number of carbonyl (C=O) groups excluding carboxylic acids is 3. The molecule has 7 nitrogen and oxygen atoms in total. The number of benzene rings is 2. The third-order valence-electron chi connectivity index (χ3n) is 5.79. The van der Waals surface area contributed by atoms with E-state index in [1.165, 1.54) is 6.92 Å². The van der Waals surface area contributed by atoms with Gasteiger partial charge in [0.2, 0.25) is 17.7 Å². The van der Waals surface area contributed by atoms with Crippen LogP contribution >= 0.6 is 0 Å². The Morgan fingerprint density at radius 1 is 0.939 bits per heavy atom. The van der Waals surface area contributed by atoms with Gasteiger partial charge in [0.1, 0.15) is 0 Å². The Morgan fingerprint density at radius 3 is 2.33 bits per heavy atom.